The van der Waals surface area contributed by atoms with Gasteiger partial charge in [-0.3, -0.25) is 4.21 Å². The molecule has 0 amide bonds. The first-order valence-electron chi connectivity index (χ1n) is 6.22. The van der Waals surface area contributed by atoms with E-state index in [-0.39, 0.29) is 4.75 Å². The van der Waals surface area contributed by atoms with Crippen molar-refractivity contribution in [3.8, 4) is 11.5 Å². The van der Waals surface area contributed by atoms with Crippen LogP contribution in [0.15, 0.2) is 17.0 Å². The summed E-state index contributed by atoms with van der Waals surface area (Å²) in [7, 11) is 2.01. The lowest BCUT2D eigenvalue weighted by molar-refractivity contribution is 0.389. The van der Waals surface area contributed by atoms with Gasteiger partial charge in [0, 0.05) is 10.8 Å². The van der Waals surface area contributed by atoms with Crippen LogP contribution in [0.2, 0.25) is 0 Å². The van der Waals surface area contributed by atoms with Crippen molar-refractivity contribution in [1.29, 1.82) is 0 Å². The van der Waals surface area contributed by atoms with Crippen molar-refractivity contribution < 1.29 is 13.7 Å². The van der Waals surface area contributed by atoms with Gasteiger partial charge in [0.1, 0.15) is 11.5 Å². The number of hydrogen-bond acceptors (Lipinski definition) is 4. The van der Waals surface area contributed by atoms with Crippen LogP contribution in [0, 0.1) is 0 Å². The van der Waals surface area contributed by atoms with Crippen LogP contribution >= 0.6 is 0 Å². The maximum absolute atomic E-state index is 12.5. The second-order valence-electron chi connectivity index (χ2n) is 5.23. The molecule has 19 heavy (non-hydrogen) atoms. The molecular weight excluding hydrogens is 262 g/mol. The van der Waals surface area contributed by atoms with Crippen LogP contribution in [-0.4, -0.2) is 29.7 Å². The van der Waals surface area contributed by atoms with Crippen LogP contribution in [0.3, 0.4) is 0 Å². The van der Waals surface area contributed by atoms with E-state index in [0.29, 0.717) is 29.4 Å². The highest BCUT2D eigenvalue weighted by atomic mass is 32.2. The van der Waals surface area contributed by atoms with E-state index in [1.807, 2.05) is 26.8 Å². The Balaban J connectivity index is 3.36. The molecule has 0 aliphatic carbocycles. The second kappa shape index (κ2) is 6.39. The van der Waals surface area contributed by atoms with Crippen molar-refractivity contribution in [2.75, 3.05) is 20.8 Å². The van der Waals surface area contributed by atoms with Crippen molar-refractivity contribution in [1.82, 2.24) is 0 Å². The summed E-state index contributed by atoms with van der Waals surface area (Å²) in [6, 6.07) is 3.66. The molecule has 0 spiro atoms. The van der Waals surface area contributed by atoms with Crippen molar-refractivity contribution >= 4 is 10.8 Å². The minimum Gasteiger partial charge on any atom is -0.496 e. The molecule has 1 atom stereocenters. The third-order valence-electron chi connectivity index (χ3n) is 2.74. The molecule has 0 aromatic heterocycles. The normalized spacial score (nSPS) is 13.2. The number of rotatable bonds is 5. The summed E-state index contributed by atoms with van der Waals surface area (Å²) in [6.45, 7) is 6.33. The Hall–Kier alpha value is -1.07. The molecule has 0 saturated heterocycles. The molecule has 0 heterocycles. The molecule has 1 rings (SSSR count). The van der Waals surface area contributed by atoms with Crippen LogP contribution < -0.4 is 15.2 Å². The van der Waals surface area contributed by atoms with Gasteiger partial charge in [0.05, 0.1) is 29.9 Å². The highest BCUT2D eigenvalue weighted by Crippen LogP contribution is 2.34. The zero-order valence-electron chi connectivity index (χ0n) is 12.3. The van der Waals surface area contributed by atoms with E-state index in [9.17, 15) is 4.21 Å². The maximum Gasteiger partial charge on any atom is 0.135 e. The molecule has 5 heteroatoms. The molecule has 0 bridgehead atoms. The molecule has 1 unspecified atom stereocenters. The Morgan fingerprint density at radius 3 is 2.16 bits per heavy atom. The summed E-state index contributed by atoms with van der Waals surface area (Å²) in [5.41, 5.74) is 6.56. The number of nitrogens with two attached hydrogens (primary N) is 1. The molecule has 108 valence electrons. The quantitative estimate of drug-likeness (QED) is 0.900. The van der Waals surface area contributed by atoms with Crippen LogP contribution in [0.1, 0.15) is 26.3 Å². The summed E-state index contributed by atoms with van der Waals surface area (Å²) in [4.78, 5) is 0.660. The Labute approximate surface area is 117 Å². The first-order valence-corrected chi connectivity index (χ1v) is 7.37. The van der Waals surface area contributed by atoms with Gasteiger partial charge in [0.2, 0.25) is 0 Å². The lowest BCUT2D eigenvalue weighted by Gasteiger charge is -2.21. The average molecular weight is 285 g/mol. The first-order chi connectivity index (χ1) is 8.85. The number of benzene rings is 1. The molecule has 1 aromatic carbocycles. The third kappa shape index (κ3) is 3.70. The molecular formula is C14H23NO3S. The molecule has 4 nitrogen and oxygen atoms in total. The Morgan fingerprint density at radius 2 is 1.74 bits per heavy atom. The van der Waals surface area contributed by atoms with E-state index in [0.717, 1.165) is 5.56 Å². The highest BCUT2D eigenvalue weighted by Gasteiger charge is 2.25. The fourth-order valence-corrected chi connectivity index (χ4v) is 2.96. The fourth-order valence-electron chi connectivity index (χ4n) is 1.76. The topological polar surface area (TPSA) is 61.5 Å². The zero-order chi connectivity index (χ0) is 14.6. The van der Waals surface area contributed by atoms with Crippen molar-refractivity contribution in [2.45, 2.75) is 36.8 Å². The van der Waals surface area contributed by atoms with Crippen LogP contribution in [0.25, 0.3) is 0 Å². The predicted molar refractivity (Wildman–Crippen MR) is 78.5 cm³/mol. The summed E-state index contributed by atoms with van der Waals surface area (Å²) >= 11 is 0. The third-order valence-corrected chi connectivity index (χ3v) is 4.57. The Bertz CT molecular complexity index is 466. The molecule has 0 aliphatic rings. The van der Waals surface area contributed by atoms with Gasteiger partial charge in [-0.25, -0.2) is 0 Å². The van der Waals surface area contributed by atoms with Crippen LogP contribution in [-0.2, 0) is 17.2 Å². The molecule has 0 saturated carbocycles. The number of ether oxygens (including phenoxy) is 2. The average Bonchev–Trinajstić information content (AvgIpc) is 2.36. The highest BCUT2D eigenvalue weighted by molar-refractivity contribution is 7.86. The Morgan fingerprint density at radius 1 is 1.16 bits per heavy atom. The SMILES string of the molecule is COc1cc(S(=O)C(C)(C)C)c(OC)cc1CCN. The van der Waals surface area contributed by atoms with Gasteiger partial charge in [0.25, 0.3) is 0 Å². The molecule has 0 radical (unpaired) electrons. The lowest BCUT2D eigenvalue weighted by Crippen LogP contribution is -2.22. The van der Waals surface area contributed by atoms with Crippen molar-refractivity contribution in [3.63, 3.8) is 0 Å². The molecule has 2 N–H and O–H groups in total. The fraction of sp³-hybridized carbons (Fsp3) is 0.571. The Kier molecular flexibility index (Phi) is 5.38. The second-order valence-corrected chi connectivity index (χ2v) is 7.44. The van der Waals surface area contributed by atoms with E-state index in [1.165, 1.54) is 0 Å². The predicted octanol–water partition coefficient (Wildman–Crippen LogP) is 2.11. The zero-order valence-corrected chi connectivity index (χ0v) is 13.1. The maximum atomic E-state index is 12.5. The standard InChI is InChI=1S/C14H23NO3S/c1-14(2,3)19(16)13-9-11(17-4)10(6-7-15)8-12(13)18-5/h8-9H,6-7,15H2,1-5H3. The van der Waals surface area contributed by atoms with Crippen molar-refractivity contribution in [3.05, 3.63) is 17.7 Å². The lowest BCUT2D eigenvalue weighted by atomic mass is 10.1. The van der Waals surface area contributed by atoms with Crippen molar-refractivity contribution in [2.24, 2.45) is 5.73 Å². The van der Waals surface area contributed by atoms with E-state index >= 15 is 0 Å². The minimum atomic E-state index is -1.17. The van der Waals surface area contributed by atoms with E-state index in [4.69, 9.17) is 15.2 Å². The minimum absolute atomic E-state index is 0.353. The van der Waals surface area contributed by atoms with Gasteiger partial charge in [-0.1, -0.05) is 0 Å². The largest absolute Gasteiger partial charge is 0.496 e. The summed E-state index contributed by atoms with van der Waals surface area (Å²) in [5.74, 6) is 1.33. The van der Waals surface area contributed by atoms with Crippen LogP contribution in [0.5, 0.6) is 11.5 Å². The van der Waals surface area contributed by atoms with Crippen LogP contribution in [0.4, 0.5) is 0 Å². The monoisotopic (exact) mass is 285 g/mol. The van der Waals surface area contributed by atoms with E-state index in [1.54, 1.807) is 20.3 Å². The van der Waals surface area contributed by atoms with Gasteiger partial charge in [-0.15, -0.1) is 0 Å². The molecule has 1 aromatic rings. The molecule has 0 aliphatic heterocycles. The first kappa shape index (κ1) is 16.0. The summed E-state index contributed by atoms with van der Waals surface area (Å²) < 4.78 is 22.9. The summed E-state index contributed by atoms with van der Waals surface area (Å²) in [6.07, 6.45) is 0.696. The van der Waals surface area contributed by atoms with E-state index in [2.05, 4.69) is 0 Å². The van der Waals surface area contributed by atoms with E-state index < -0.39 is 10.8 Å². The van der Waals surface area contributed by atoms with Gasteiger partial charge in [-0.05, 0) is 45.4 Å². The van der Waals surface area contributed by atoms with Gasteiger partial charge >= 0.3 is 0 Å². The summed E-state index contributed by atoms with van der Waals surface area (Å²) in [5, 5.41) is 0. The number of methoxy groups -OCH3 is 2. The molecule has 0 fully saturated rings. The smallest absolute Gasteiger partial charge is 0.135 e. The van der Waals surface area contributed by atoms with Gasteiger partial charge < -0.3 is 15.2 Å². The van der Waals surface area contributed by atoms with Gasteiger partial charge in [0.15, 0.2) is 0 Å². The van der Waals surface area contributed by atoms with Gasteiger partial charge in [-0.2, -0.15) is 0 Å². The number of hydrogen-bond donors (Lipinski definition) is 1.